The van der Waals surface area contributed by atoms with E-state index in [0.29, 0.717) is 11.4 Å². The number of benzene rings is 9. The van der Waals surface area contributed by atoms with E-state index in [-0.39, 0.29) is 35.5 Å². The normalized spacial score (nSPS) is 12.7. The van der Waals surface area contributed by atoms with E-state index in [0.717, 1.165) is 76.8 Å². The highest BCUT2D eigenvalue weighted by Gasteiger charge is 2.20. The molecule has 0 amide bonds. The molecule has 11 aromatic rings. The molecular weight excluding hydrogens is 669 g/mol. The Hall–Kier alpha value is -7.36. The molecule has 0 spiro atoms. The largest absolute Gasteiger partial charge is 0.455 e. The number of aromatic nitrogens is 1. The molecule has 0 aliphatic rings. The zero-order valence-electron chi connectivity index (χ0n) is 33.6. The Bertz CT molecular complexity index is 3360. The number of para-hydroxylation sites is 3. The van der Waals surface area contributed by atoms with Crippen LogP contribution >= 0.6 is 0 Å². The molecule has 11 rings (SSSR count). The number of hydrogen-bond donors (Lipinski definition) is 0. The lowest BCUT2D eigenvalue weighted by molar-refractivity contribution is 0.673. The molecule has 2 heterocycles. The first-order chi connectivity index (χ1) is 29.0. The third-order valence-corrected chi connectivity index (χ3v) is 10.7. The van der Waals surface area contributed by atoms with Crippen LogP contribution in [-0.2, 0) is 0 Å². The van der Waals surface area contributed by atoms with Crippen LogP contribution in [0.2, 0.25) is 0 Å². The lowest BCUT2D eigenvalue weighted by Crippen LogP contribution is -2.11. The van der Waals surface area contributed by atoms with Crippen molar-refractivity contribution in [1.82, 2.24) is 4.57 Å². The lowest BCUT2D eigenvalue weighted by atomic mass is 9.99. The maximum absolute atomic E-state index is 9.75. The second-order valence-electron chi connectivity index (χ2n) is 13.8. The van der Waals surface area contributed by atoms with Crippen molar-refractivity contribution in [2.75, 3.05) is 4.90 Å². The van der Waals surface area contributed by atoms with Gasteiger partial charge in [-0.25, -0.2) is 0 Å². The van der Waals surface area contributed by atoms with Crippen molar-refractivity contribution in [3.05, 3.63) is 206 Å². The summed E-state index contributed by atoms with van der Waals surface area (Å²) in [5, 5.41) is 6.19. The molecule has 55 heavy (non-hydrogen) atoms. The number of nitrogens with zero attached hydrogens (tertiary/aromatic N) is 2. The van der Waals surface area contributed by atoms with E-state index in [1.54, 1.807) is 0 Å². The summed E-state index contributed by atoms with van der Waals surface area (Å²) in [6.45, 7) is 0. The van der Waals surface area contributed by atoms with Gasteiger partial charge in [0.15, 0.2) is 0 Å². The predicted molar refractivity (Wildman–Crippen MR) is 231 cm³/mol. The van der Waals surface area contributed by atoms with E-state index in [9.17, 15) is 5.48 Å². The van der Waals surface area contributed by atoms with Gasteiger partial charge < -0.3 is 13.9 Å². The van der Waals surface area contributed by atoms with Crippen LogP contribution in [0, 0.1) is 0 Å². The molecule has 0 radical (unpaired) electrons. The Morgan fingerprint density at radius 1 is 0.436 bits per heavy atom. The Kier molecular flexibility index (Phi) is 6.27. The molecular formula is C52H34N2O. The number of hydrogen-bond acceptors (Lipinski definition) is 2. The van der Waals surface area contributed by atoms with E-state index < -0.39 is 0 Å². The fourth-order valence-corrected chi connectivity index (χ4v) is 8.09. The van der Waals surface area contributed by atoms with Crippen molar-refractivity contribution >= 4 is 71.6 Å². The molecule has 2 aromatic heterocycles. The number of rotatable bonds is 6. The minimum absolute atomic E-state index is 0.133. The van der Waals surface area contributed by atoms with Crippen molar-refractivity contribution in [3.63, 3.8) is 0 Å². The quantitative estimate of drug-likeness (QED) is 0.172. The summed E-state index contributed by atoms with van der Waals surface area (Å²) in [7, 11) is 0. The lowest BCUT2D eigenvalue weighted by Gasteiger charge is -2.28. The van der Waals surface area contributed by atoms with Crippen LogP contribution in [0.3, 0.4) is 0 Å². The van der Waals surface area contributed by atoms with Crippen LogP contribution in [0.4, 0.5) is 17.1 Å². The zero-order chi connectivity index (χ0) is 39.8. The average Bonchev–Trinajstić information content (AvgIpc) is 3.83. The van der Waals surface area contributed by atoms with Crippen LogP contribution in [-0.4, -0.2) is 4.57 Å². The Balaban J connectivity index is 1.14. The second-order valence-corrected chi connectivity index (χ2v) is 13.8. The summed E-state index contributed by atoms with van der Waals surface area (Å²) in [6.07, 6.45) is 0. The van der Waals surface area contributed by atoms with Gasteiger partial charge in [0.1, 0.15) is 11.2 Å². The molecule has 0 bridgehead atoms. The van der Waals surface area contributed by atoms with Gasteiger partial charge in [0.25, 0.3) is 0 Å². The highest BCUT2D eigenvalue weighted by atomic mass is 16.3. The fourth-order valence-electron chi connectivity index (χ4n) is 8.09. The SMILES string of the molecule is [2H]c1c([2H])c(-n2c3ccccc3c3ccccc32)c([2H])c([2H])c1N(c1ccc(-c2ccccc2)cc1)c1ccccc1-c1ccc2c(c1)oc1c3ccccc3ccc21. The molecule has 0 aliphatic heterocycles. The van der Waals surface area contributed by atoms with Gasteiger partial charge in [-0.15, -0.1) is 0 Å². The van der Waals surface area contributed by atoms with Gasteiger partial charge in [0, 0.05) is 49.6 Å². The molecule has 0 saturated carbocycles. The number of anilines is 3. The third-order valence-electron chi connectivity index (χ3n) is 10.7. The van der Waals surface area contributed by atoms with Crippen LogP contribution < -0.4 is 4.90 Å². The summed E-state index contributed by atoms with van der Waals surface area (Å²) in [4.78, 5) is 1.87. The van der Waals surface area contributed by atoms with Crippen molar-refractivity contribution < 1.29 is 9.90 Å². The molecule has 0 fully saturated rings. The minimum atomic E-state index is -0.149. The molecule has 0 atom stereocenters. The summed E-state index contributed by atoms with van der Waals surface area (Å²) < 4.78 is 47.2. The van der Waals surface area contributed by atoms with Gasteiger partial charge >= 0.3 is 0 Å². The smallest absolute Gasteiger partial charge is 0.143 e. The molecule has 258 valence electrons. The van der Waals surface area contributed by atoms with Gasteiger partial charge in [-0.1, -0.05) is 133 Å². The summed E-state index contributed by atoms with van der Waals surface area (Å²) in [6, 6.07) is 60.1. The molecule has 0 aliphatic carbocycles. The standard InChI is InChI=1S/C52H34N2O/c1-2-12-35(13-3-1)36-22-26-39(27-23-36)53(40-28-30-41(31-29-40)54-49-20-10-7-17-44(49)45-18-8-11-21-50(45)54)48-19-9-6-15-42(48)38-25-32-46-47-33-24-37-14-4-5-16-43(37)52(47)55-51(46)34-38/h1-34H/i28D,29D,30D,31D. The first-order valence-electron chi connectivity index (χ1n) is 20.4. The minimum Gasteiger partial charge on any atom is -0.455 e. The van der Waals surface area contributed by atoms with E-state index >= 15 is 0 Å². The molecule has 3 nitrogen and oxygen atoms in total. The summed E-state index contributed by atoms with van der Waals surface area (Å²) in [5.41, 5.74) is 8.80. The molecule has 0 N–H and O–H groups in total. The van der Waals surface area contributed by atoms with E-state index in [4.69, 9.17) is 4.42 Å². The van der Waals surface area contributed by atoms with Crippen LogP contribution in [0.25, 0.3) is 82.5 Å². The Morgan fingerprint density at radius 3 is 1.80 bits per heavy atom. The van der Waals surface area contributed by atoms with E-state index in [1.165, 1.54) is 0 Å². The van der Waals surface area contributed by atoms with Gasteiger partial charge in [-0.05, 0) is 94.8 Å². The van der Waals surface area contributed by atoms with Crippen molar-refractivity contribution in [2.45, 2.75) is 0 Å². The van der Waals surface area contributed by atoms with Crippen LogP contribution in [0.1, 0.15) is 5.48 Å². The fraction of sp³-hybridized carbons (Fsp3) is 0. The Labute approximate surface area is 324 Å². The Morgan fingerprint density at radius 2 is 1.04 bits per heavy atom. The maximum atomic E-state index is 9.75. The molecule has 0 unspecified atom stereocenters. The molecule has 0 saturated heterocycles. The van der Waals surface area contributed by atoms with Gasteiger partial charge in [-0.3, -0.25) is 0 Å². The van der Waals surface area contributed by atoms with E-state index in [1.807, 2.05) is 137 Å². The van der Waals surface area contributed by atoms with Crippen molar-refractivity contribution in [1.29, 1.82) is 0 Å². The van der Waals surface area contributed by atoms with Crippen molar-refractivity contribution in [3.8, 4) is 27.9 Å². The molecule has 3 heteroatoms. The maximum Gasteiger partial charge on any atom is 0.143 e. The van der Waals surface area contributed by atoms with Gasteiger partial charge in [-0.2, -0.15) is 0 Å². The molecule has 9 aromatic carbocycles. The van der Waals surface area contributed by atoms with Crippen LogP contribution in [0.15, 0.2) is 211 Å². The topological polar surface area (TPSA) is 21.3 Å². The number of furan rings is 1. The highest BCUT2D eigenvalue weighted by molar-refractivity contribution is 6.15. The first kappa shape index (κ1) is 27.3. The average molecular weight is 707 g/mol. The highest BCUT2D eigenvalue weighted by Crippen LogP contribution is 2.44. The summed E-state index contributed by atoms with van der Waals surface area (Å²) >= 11 is 0. The van der Waals surface area contributed by atoms with Gasteiger partial charge in [0.2, 0.25) is 0 Å². The first-order valence-corrected chi connectivity index (χ1v) is 18.4. The summed E-state index contributed by atoms with van der Waals surface area (Å²) in [5.74, 6) is 0. The van der Waals surface area contributed by atoms with Gasteiger partial charge in [0.05, 0.1) is 22.2 Å². The monoisotopic (exact) mass is 706 g/mol. The number of fused-ring (bicyclic) bond motifs is 8. The van der Waals surface area contributed by atoms with Crippen molar-refractivity contribution in [2.24, 2.45) is 0 Å². The predicted octanol–water partition coefficient (Wildman–Crippen LogP) is 14.6. The van der Waals surface area contributed by atoms with Crippen LogP contribution in [0.5, 0.6) is 0 Å². The third kappa shape index (κ3) is 5.13. The second kappa shape index (κ2) is 12.6. The van der Waals surface area contributed by atoms with E-state index in [2.05, 4.69) is 54.6 Å². The zero-order valence-corrected chi connectivity index (χ0v) is 29.6.